The molecule has 0 aliphatic carbocycles. The first-order valence-corrected chi connectivity index (χ1v) is 5.63. The van der Waals surface area contributed by atoms with E-state index in [2.05, 4.69) is 4.74 Å². The van der Waals surface area contributed by atoms with Crippen LogP contribution in [0.4, 0.5) is 4.39 Å². The summed E-state index contributed by atoms with van der Waals surface area (Å²) in [5.41, 5.74) is 0. The lowest BCUT2D eigenvalue weighted by molar-refractivity contribution is 0.0606. The second-order valence-electron chi connectivity index (χ2n) is 2.28. The van der Waals surface area contributed by atoms with Gasteiger partial charge in [-0.25, -0.2) is 22.7 Å². The average molecular weight is 239 g/mol. The summed E-state index contributed by atoms with van der Waals surface area (Å²) in [5, 5.41) is 4.70. The lowest BCUT2D eigenvalue weighted by Gasteiger charge is -1.92. The van der Waals surface area contributed by atoms with Crippen LogP contribution in [0.1, 0.15) is 9.67 Å². The number of carbonyl (C=O) groups is 1. The van der Waals surface area contributed by atoms with Gasteiger partial charge in [0.05, 0.1) is 7.11 Å². The maximum Gasteiger partial charge on any atom is 0.348 e. The lowest BCUT2D eigenvalue weighted by atomic mass is 10.5. The lowest BCUT2D eigenvalue weighted by Crippen LogP contribution is -2.11. The molecular formula is C6H6FNO4S2. The van der Waals surface area contributed by atoms with E-state index < -0.39 is 26.0 Å². The largest absolute Gasteiger partial charge is 0.465 e. The normalized spacial score (nSPS) is 11.4. The Balaban J connectivity index is 3.25. The molecule has 0 aliphatic rings. The highest BCUT2D eigenvalue weighted by Gasteiger charge is 2.22. The van der Waals surface area contributed by atoms with Crippen molar-refractivity contribution in [3.8, 4) is 0 Å². The average Bonchev–Trinajstić information content (AvgIpc) is 2.45. The fraction of sp³-hybridized carbons (Fsp3) is 0.167. The summed E-state index contributed by atoms with van der Waals surface area (Å²) in [6, 6.07) is 0.774. The van der Waals surface area contributed by atoms with Gasteiger partial charge >= 0.3 is 5.97 Å². The molecule has 1 rings (SSSR count). The first kappa shape index (κ1) is 11.1. The Morgan fingerprint density at radius 2 is 2.21 bits per heavy atom. The van der Waals surface area contributed by atoms with Gasteiger partial charge in [-0.1, -0.05) is 0 Å². The van der Waals surface area contributed by atoms with Crippen LogP contribution in [0.25, 0.3) is 0 Å². The number of rotatable bonds is 2. The summed E-state index contributed by atoms with van der Waals surface area (Å²) in [4.78, 5) is 10.7. The maximum atomic E-state index is 12.9. The number of carbonyl (C=O) groups excluding carboxylic acids is 1. The van der Waals surface area contributed by atoms with Gasteiger partial charge in [0.2, 0.25) is 0 Å². The Hall–Kier alpha value is -0.990. The highest BCUT2D eigenvalue weighted by molar-refractivity contribution is 7.91. The van der Waals surface area contributed by atoms with Crippen LogP contribution < -0.4 is 5.14 Å². The highest BCUT2D eigenvalue weighted by atomic mass is 32.2. The molecule has 2 N–H and O–H groups in total. The van der Waals surface area contributed by atoms with Gasteiger partial charge in [0.15, 0.2) is 10.0 Å². The van der Waals surface area contributed by atoms with E-state index in [1.807, 2.05) is 0 Å². The summed E-state index contributed by atoms with van der Waals surface area (Å²) < 4.78 is 38.1. The minimum absolute atomic E-state index is 0.144. The number of thiophene rings is 1. The third-order valence-corrected chi connectivity index (χ3v) is 3.84. The van der Waals surface area contributed by atoms with Crippen molar-refractivity contribution >= 4 is 27.3 Å². The summed E-state index contributed by atoms with van der Waals surface area (Å²) in [6.45, 7) is 0. The number of hydrogen-bond donors (Lipinski definition) is 1. The fourth-order valence-corrected chi connectivity index (χ4v) is 2.50. The fourth-order valence-electron chi connectivity index (χ4n) is 0.747. The Bertz CT molecular complexity index is 464. The molecule has 0 atom stereocenters. The van der Waals surface area contributed by atoms with Crippen LogP contribution in [-0.4, -0.2) is 21.5 Å². The Morgan fingerprint density at radius 1 is 1.64 bits per heavy atom. The van der Waals surface area contributed by atoms with Gasteiger partial charge in [0, 0.05) is 6.07 Å². The van der Waals surface area contributed by atoms with Gasteiger partial charge in [0.1, 0.15) is 4.88 Å². The van der Waals surface area contributed by atoms with Crippen LogP contribution >= 0.6 is 11.3 Å². The number of nitrogens with two attached hydrogens (primary N) is 1. The number of hydrogen-bond acceptors (Lipinski definition) is 5. The molecule has 0 saturated heterocycles. The Kier molecular flexibility index (Phi) is 2.88. The minimum Gasteiger partial charge on any atom is -0.465 e. The van der Waals surface area contributed by atoms with Gasteiger partial charge in [0.25, 0.3) is 10.0 Å². The van der Waals surface area contributed by atoms with Crippen molar-refractivity contribution in [3.05, 3.63) is 16.8 Å². The monoisotopic (exact) mass is 239 g/mol. The van der Waals surface area contributed by atoms with Gasteiger partial charge in [-0.3, -0.25) is 0 Å². The molecule has 0 aliphatic heterocycles. The van der Waals surface area contributed by atoms with Crippen LogP contribution in [0.2, 0.25) is 0 Å². The zero-order valence-corrected chi connectivity index (χ0v) is 8.62. The van der Waals surface area contributed by atoms with Crippen molar-refractivity contribution in [1.29, 1.82) is 0 Å². The standard InChI is InChI=1S/C6H6FNO4S2/c1-12-5(9)4-2-3(7)6(13-4)14(8,10)11/h2H,1H3,(H2,8,10,11). The van der Waals surface area contributed by atoms with E-state index in [0.29, 0.717) is 11.3 Å². The third kappa shape index (κ3) is 2.08. The van der Waals surface area contributed by atoms with Crippen molar-refractivity contribution < 1.29 is 22.3 Å². The molecule has 0 bridgehead atoms. The molecule has 0 fully saturated rings. The molecule has 5 nitrogen and oxygen atoms in total. The number of halogens is 1. The van der Waals surface area contributed by atoms with E-state index in [-0.39, 0.29) is 4.88 Å². The van der Waals surface area contributed by atoms with E-state index in [4.69, 9.17) is 5.14 Å². The molecule has 0 saturated carbocycles. The molecule has 78 valence electrons. The summed E-state index contributed by atoms with van der Waals surface area (Å²) in [6.07, 6.45) is 0. The molecule has 1 aromatic heterocycles. The number of primary sulfonamides is 1. The first-order valence-electron chi connectivity index (χ1n) is 3.26. The van der Waals surface area contributed by atoms with Crippen LogP contribution in [-0.2, 0) is 14.8 Å². The third-order valence-electron chi connectivity index (χ3n) is 1.30. The van der Waals surface area contributed by atoms with Gasteiger partial charge in [-0.15, -0.1) is 11.3 Å². The SMILES string of the molecule is COC(=O)c1cc(F)c(S(N)(=O)=O)s1. The minimum atomic E-state index is -4.12. The zero-order chi connectivity index (χ0) is 10.9. The van der Waals surface area contributed by atoms with E-state index in [1.54, 1.807) is 0 Å². The number of esters is 1. The predicted octanol–water partition coefficient (Wildman–Crippen LogP) is 0.321. The molecule has 0 spiro atoms. The Labute approximate surface area is 83.3 Å². The van der Waals surface area contributed by atoms with Crippen molar-refractivity contribution in [2.75, 3.05) is 7.11 Å². The van der Waals surface area contributed by atoms with E-state index in [9.17, 15) is 17.6 Å². The van der Waals surface area contributed by atoms with E-state index in [1.165, 1.54) is 0 Å². The zero-order valence-electron chi connectivity index (χ0n) is 6.98. The van der Waals surface area contributed by atoms with Crippen molar-refractivity contribution in [1.82, 2.24) is 0 Å². The molecule has 8 heteroatoms. The van der Waals surface area contributed by atoms with Crippen molar-refractivity contribution in [3.63, 3.8) is 0 Å². The molecule has 0 unspecified atom stereocenters. The van der Waals surface area contributed by atoms with E-state index in [0.717, 1.165) is 13.2 Å². The summed E-state index contributed by atoms with van der Waals surface area (Å²) in [7, 11) is -3.01. The number of ether oxygens (including phenoxy) is 1. The van der Waals surface area contributed by atoms with Crippen molar-refractivity contribution in [2.24, 2.45) is 5.14 Å². The second-order valence-corrected chi connectivity index (χ2v) is 5.09. The molecule has 1 aromatic rings. The first-order chi connectivity index (χ1) is 6.36. The Morgan fingerprint density at radius 3 is 2.57 bits per heavy atom. The smallest absolute Gasteiger partial charge is 0.348 e. The van der Waals surface area contributed by atoms with E-state index >= 15 is 0 Å². The van der Waals surface area contributed by atoms with Gasteiger partial charge in [-0.05, 0) is 0 Å². The topological polar surface area (TPSA) is 86.5 Å². The van der Waals surface area contributed by atoms with Crippen LogP contribution in [0.15, 0.2) is 10.3 Å². The predicted molar refractivity (Wildman–Crippen MR) is 47.0 cm³/mol. The molecular weight excluding hydrogens is 233 g/mol. The second kappa shape index (κ2) is 3.64. The van der Waals surface area contributed by atoms with Gasteiger partial charge < -0.3 is 4.74 Å². The maximum absolute atomic E-state index is 12.9. The summed E-state index contributed by atoms with van der Waals surface area (Å²) in [5.74, 6) is -1.85. The number of sulfonamides is 1. The molecule has 0 aromatic carbocycles. The van der Waals surface area contributed by atoms with Crippen LogP contribution in [0, 0.1) is 5.82 Å². The molecule has 1 heterocycles. The summed E-state index contributed by atoms with van der Waals surface area (Å²) >= 11 is 0.437. The van der Waals surface area contributed by atoms with Gasteiger partial charge in [-0.2, -0.15) is 0 Å². The quantitative estimate of drug-likeness (QED) is 0.753. The molecule has 0 amide bonds. The van der Waals surface area contributed by atoms with Crippen LogP contribution in [0.3, 0.4) is 0 Å². The van der Waals surface area contributed by atoms with Crippen LogP contribution in [0.5, 0.6) is 0 Å². The molecule has 0 radical (unpaired) electrons. The highest BCUT2D eigenvalue weighted by Crippen LogP contribution is 2.25. The van der Waals surface area contributed by atoms with Crippen molar-refractivity contribution in [2.45, 2.75) is 4.21 Å². The molecule has 14 heavy (non-hydrogen) atoms. The number of methoxy groups -OCH3 is 1.